The summed E-state index contributed by atoms with van der Waals surface area (Å²) >= 11 is 1.31. The standard InChI is InChI=1S/C20H21FN2O2S/c1-4-25-10-9-23-17-8-7-16(21)12-18(17)26-20(23)22-19(24)15-6-5-13(2)14(3)11-15/h5-8,11-12H,4,9-10H2,1-3H3. The number of hydrogen-bond donors (Lipinski definition) is 0. The molecule has 3 aromatic rings. The molecule has 26 heavy (non-hydrogen) atoms. The van der Waals surface area contributed by atoms with Gasteiger partial charge in [0.25, 0.3) is 5.91 Å². The maximum absolute atomic E-state index is 13.6. The van der Waals surface area contributed by atoms with E-state index in [1.807, 2.05) is 37.5 Å². The lowest BCUT2D eigenvalue weighted by Gasteiger charge is -2.05. The molecule has 0 fully saturated rings. The van der Waals surface area contributed by atoms with E-state index in [2.05, 4.69) is 4.99 Å². The summed E-state index contributed by atoms with van der Waals surface area (Å²) in [6.45, 7) is 7.58. The van der Waals surface area contributed by atoms with Gasteiger partial charge in [0.05, 0.1) is 16.8 Å². The predicted molar refractivity (Wildman–Crippen MR) is 102 cm³/mol. The fourth-order valence-electron chi connectivity index (χ4n) is 2.67. The quantitative estimate of drug-likeness (QED) is 0.629. The van der Waals surface area contributed by atoms with Crippen molar-refractivity contribution in [2.75, 3.05) is 13.2 Å². The monoisotopic (exact) mass is 372 g/mol. The van der Waals surface area contributed by atoms with Crippen molar-refractivity contribution in [1.29, 1.82) is 0 Å². The summed E-state index contributed by atoms with van der Waals surface area (Å²) in [4.78, 5) is 17.5. The lowest BCUT2D eigenvalue weighted by molar-refractivity contribution is 0.0996. The number of halogens is 1. The van der Waals surface area contributed by atoms with Crippen LogP contribution in [0.5, 0.6) is 0 Å². The minimum absolute atomic E-state index is 0.301. The molecule has 0 aliphatic heterocycles. The highest BCUT2D eigenvalue weighted by molar-refractivity contribution is 7.16. The van der Waals surface area contributed by atoms with Crippen molar-refractivity contribution in [3.8, 4) is 0 Å². The van der Waals surface area contributed by atoms with Gasteiger partial charge in [-0.05, 0) is 62.2 Å². The van der Waals surface area contributed by atoms with Crippen LogP contribution in [0.15, 0.2) is 41.4 Å². The van der Waals surface area contributed by atoms with Gasteiger partial charge in [-0.25, -0.2) is 4.39 Å². The number of carbonyl (C=O) groups excluding carboxylic acids is 1. The largest absolute Gasteiger partial charge is 0.380 e. The van der Waals surface area contributed by atoms with Crippen LogP contribution < -0.4 is 4.80 Å². The number of fused-ring (bicyclic) bond motifs is 1. The first-order chi connectivity index (χ1) is 12.5. The minimum Gasteiger partial charge on any atom is -0.380 e. The molecular weight excluding hydrogens is 351 g/mol. The van der Waals surface area contributed by atoms with Crippen LogP contribution in [0, 0.1) is 19.7 Å². The molecule has 0 N–H and O–H groups in total. The van der Waals surface area contributed by atoms with E-state index in [0.29, 0.717) is 30.1 Å². The van der Waals surface area contributed by atoms with Crippen LogP contribution in [0.2, 0.25) is 0 Å². The molecule has 0 aliphatic rings. The van der Waals surface area contributed by atoms with Gasteiger partial charge in [-0.3, -0.25) is 4.79 Å². The molecule has 0 atom stereocenters. The zero-order valence-electron chi connectivity index (χ0n) is 15.1. The Kier molecular flexibility index (Phi) is 5.64. The van der Waals surface area contributed by atoms with Gasteiger partial charge in [-0.15, -0.1) is 0 Å². The Bertz CT molecular complexity index is 1020. The first-order valence-electron chi connectivity index (χ1n) is 8.52. The third kappa shape index (κ3) is 3.92. The van der Waals surface area contributed by atoms with E-state index in [1.54, 1.807) is 12.1 Å². The van der Waals surface area contributed by atoms with Crippen LogP contribution >= 0.6 is 11.3 Å². The SMILES string of the molecule is CCOCCn1c(=NC(=O)c2ccc(C)c(C)c2)sc2cc(F)ccc21. The highest BCUT2D eigenvalue weighted by Crippen LogP contribution is 2.19. The Hall–Kier alpha value is -2.31. The number of rotatable bonds is 5. The molecular formula is C20H21FN2O2S. The number of carbonyl (C=O) groups is 1. The van der Waals surface area contributed by atoms with Gasteiger partial charge in [0.1, 0.15) is 5.82 Å². The molecule has 1 aromatic heterocycles. The number of thiazole rings is 1. The summed E-state index contributed by atoms with van der Waals surface area (Å²) in [5, 5.41) is 0. The van der Waals surface area contributed by atoms with Gasteiger partial charge in [-0.2, -0.15) is 4.99 Å². The maximum Gasteiger partial charge on any atom is 0.279 e. The second-order valence-electron chi connectivity index (χ2n) is 6.06. The van der Waals surface area contributed by atoms with Crippen molar-refractivity contribution in [2.45, 2.75) is 27.3 Å². The predicted octanol–water partition coefficient (Wildman–Crippen LogP) is 4.24. The zero-order chi connectivity index (χ0) is 18.7. The average Bonchev–Trinajstić information content (AvgIpc) is 2.94. The molecule has 4 nitrogen and oxygen atoms in total. The lowest BCUT2D eigenvalue weighted by Crippen LogP contribution is -2.19. The number of nitrogens with zero attached hydrogens (tertiary/aromatic N) is 2. The van der Waals surface area contributed by atoms with Crippen molar-refractivity contribution < 1.29 is 13.9 Å². The molecule has 0 saturated heterocycles. The van der Waals surface area contributed by atoms with Crippen LogP contribution in [0.1, 0.15) is 28.4 Å². The van der Waals surface area contributed by atoms with E-state index >= 15 is 0 Å². The van der Waals surface area contributed by atoms with Gasteiger partial charge in [-0.1, -0.05) is 17.4 Å². The summed E-state index contributed by atoms with van der Waals surface area (Å²) < 4.78 is 21.7. The summed E-state index contributed by atoms with van der Waals surface area (Å²) in [7, 11) is 0. The van der Waals surface area contributed by atoms with E-state index in [4.69, 9.17) is 4.74 Å². The number of hydrogen-bond acceptors (Lipinski definition) is 3. The number of ether oxygens (including phenoxy) is 1. The third-order valence-corrected chi connectivity index (χ3v) is 5.30. The molecule has 6 heteroatoms. The molecule has 0 unspecified atom stereocenters. The summed E-state index contributed by atoms with van der Waals surface area (Å²) in [6, 6.07) is 10.1. The Morgan fingerprint density at radius 1 is 1.19 bits per heavy atom. The van der Waals surface area contributed by atoms with E-state index < -0.39 is 0 Å². The van der Waals surface area contributed by atoms with Crippen molar-refractivity contribution in [2.24, 2.45) is 4.99 Å². The van der Waals surface area contributed by atoms with Crippen molar-refractivity contribution in [3.63, 3.8) is 0 Å². The van der Waals surface area contributed by atoms with Gasteiger partial charge in [0, 0.05) is 18.7 Å². The third-order valence-electron chi connectivity index (χ3n) is 4.26. The highest BCUT2D eigenvalue weighted by Gasteiger charge is 2.10. The van der Waals surface area contributed by atoms with E-state index in [0.717, 1.165) is 21.3 Å². The average molecular weight is 372 g/mol. The van der Waals surface area contributed by atoms with Crippen LogP contribution in [-0.2, 0) is 11.3 Å². The molecule has 136 valence electrons. The summed E-state index contributed by atoms with van der Waals surface area (Å²) in [6.07, 6.45) is 0. The molecule has 0 spiro atoms. The second-order valence-corrected chi connectivity index (χ2v) is 7.07. The molecule has 1 amide bonds. The number of aryl methyl sites for hydroxylation is 2. The van der Waals surface area contributed by atoms with Crippen molar-refractivity contribution >= 4 is 27.5 Å². The molecule has 1 heterocycles. The maximum atomic E-state index is 13.6. The van der Waals surface area contributed by atoms with E-state index in [-0.39, 0.29) is 11.7 Å². The topological polar surface area (TPSA) is 43.6 Å². The fourth-order valence-corrected chi connectivity index (χ4v) is 3.75. The van der Waals surface area contributed by atoms with Crippen molar-refractivity contribution in [1.82, 2.24) is 4.57 Å². The van der Waals surface area contributed by atoms with Gasteiger partial charge in [0.2, 0.25) is 0 Å². The van der Waals surface area contributed by atoms with Gasteiger partial charge < -0.3 is 9.30 Å². The first kappa shape index (κ1) is 18.5. The van der Waals surface area contributed by atoms with Crippen LogP contribution in [0.25, 0.3) is 10.2 Å². The molecule has 0 bridgehead atoms. The number of amides is 1. The Morgan fingerprint density at radius 2 is 2.00 bits per heavy atom. The summed E-state index contributed by atoms with van der Waals surface area (Å²) in [5.41, 5.74) is 3.58. The summed E-state index contributed by atoms with van der Waals surface area (Å²) in [5.74, 6) is -0.604. The molecule has 3 rings (SSSR count). The van der Waals surface area contributed by atoms with Gasteiger partial charge >= 0.3 is 0 Å². The van der Waals surface area contributed by atoms with Crippen molar-refractivity contribution in [3.05, 3.63) is 63.7 Å². The van der Waals surface area contributed by atoms with Crippen LogP contribution in [0.3, 0.4) is 0 Å². The lowest BCUT2D eigenvalue weighted by atomic mass is 10.1. The second kappa shape index (κ2) is 7.93. The Morgan fingerprint density at radius 3 is 2.73 bits per heavy atom. The smallest absolute Gasteiger partial charge is 0.279 e. The van der Waals surface area contributed by atoms with E-state index in [1.165, 1.54) is 23.5 Å². The molecule has 2 aromatic carbocycles. The molecule has 0 saturated carbocycles. The van der Waals surface area contributed by atoms with Gasteiger partial charge in [0.15, 0.2) is 4.80 Å². The first-order valence-corrected chi connectivity index (χ1v) is 9.34. The Balaban J connectivity index is 2.06. The van der Waals surface area contributed by atoms with Crippen LogP contribution in [-0.4, -0.2) is 23.7 Å². The van der Waals surface area contributed by atoms with E-state index in [9.17, 15) is 9.18 Å². The fraction of sp³-hybridized carbons (Fsp3) is 0.300. The highest BCUT2D eigenvalue weighted by atomic mass is 32.1. The minimum atomic E-state index is -0.303. The normalized spacial score (nSPS) is 12.1. The molecule has 0 aliphatic carbocycles. The Labute approximate surface area is 155 Å². The molecule has 0 radical (unpaired) electrons. The number of benzene rings is 2. The van der Waals surface area contributed by atoms with Crippen LogP contribution in [0.4, 0.5) is 4.39 Å². The number of aromatic nitrogens is 1. The zero-order valence-corrected chi connectivity index (χ0v) is 15.9.